The van der Waals surface area contributed by atoms with Gasteiger partial charge in [0.1, 0.15) is 0 Å². The van der Waals surface area contributed by atoms with Crippen molar-refractivity contribution in [2.24, 2.45) is 5.41 Å². The Bertz CT molecular complexity index is 1550. The number of benzene rings is 3. The van der Waals surface area contributed by atoms with Crippen molar-refractivity contribution in [2.75, 3.05) is 31.5 Å². The number of methoxy groups -OCH3 is 3. The third-order valence-corrected chi connectivity index (χ3v) is 7.63. The van der Waals surface area contributed by atoms with E-state index in [0.717, 1.165) is 5.70 Å². The predicted molar refractivity (Wildman–Crippen MR) is 157 cm³/mol. The highest BCUT2D eigenvalue weighted by Gasteiger charge is 2.43. The number of ether oxygens (including phenoxy) is 3. The van der Waals surface area contributed by atoms with E-state index in [-0.39, 0.29) is 22.9 Å². The minimum atomic E-state index is -0.774. The van der Waals surface area contributed by atoms with Crippen molar-refractivity contribution < 1.29 is 28.6 Å². The maximum absolute atomic E-state index is 13.9. The molecule has 3 aromatic carbocycles. The molecule has 1 aliphatic heterocycles. The summed E-state index contributed by atoms with van der Waals surface area (Å²) in [6.45, 7) is 5.57. The van der Waals surface area contributed by atoms with E-state index >= 15 is 0 Å². The van der Waals surface area contributed by atoms with E-state index in [2.05, 4.69) is 19.2 Å². The number of allylic oxidation sites excluding steroid dienone is 1. The molecule has 0 spiro atoms. The number of fused-ring (bicyclic) bond motifs is 1. The Balaban J connectivity index is 1.76. The Morgan fingerprint density at radius 3 is 2.12 bits per heavy atom. The van der Waals surface area contributed by atoms with Crippen molar-refractivity contribution in [1.82, 2.24) is 0 Å². The number of rotatable bonds is 6. The summed E-state index contributed by atoms with van der Waals surface area (Å²) >= 11 is 0. The van der Waals surface area contributed by atoms with Gasteiger partial charge >= 0.3 is 0 Å². The summed E-state index contributed by atoms with van der Waals surface area (Å²) in [5.74, 6) is 0.788. The van der Waals surface area contributed by atoms with Crippen LogP contribution in [-0.2, 0) is 9.59 Å². The Hall–Kier alpha value is -4.59. The van der Waals surface area contributed by atoms with Gasteiger partial charge in [-0.05, 0) is 47.7 Å². The summed E-state index contributed by atoms with van der Waals surface area (Å²) in [6.07, 6.45) is 0.908. The minimum Gasteiger partial charge on any atom is -0.493 e. The Kier molecular flexibility index (Phi) is 7.34. The molecule has 0 fully saturated rings. The molecule has 1 heterocycles. The number of nitrogens with one attached hydrogen (secondary N) is 1. The zero-order chi connectivity index (χ0) is 29.5. The zero-order valence-corrected chi connectivity index (χ0v) is 24.2. The maximum atomic E-state index is 13.9. The first-order chi connectivity index (χ1) is 19.6. The van der Waals surface area contributed by atoms with E-state index < -0.39 is 6.04 Å². The molecule has 0 saturated carbocycles. The van der Waals surface area contributed by atoms with Gasteiger partial charge in [0.2, 0.25) is 11.7 Å². The average molecular weight is 555 g/mol. The van der Waals surface area contributed by atoms with Crippen LogP contribution in [0.3, 0.4) is 0 Å². The van der Waals surface area contributed by atoms with Crippen LogP contribution in [-0.4, -0.2) is 38.8 Å². The fraction of sp³-hybridized carbons (Fsp3) is 0.303. The highest BCUT2D eigenvalue weighted by Crippen LogP contribution is 2.50. The lowest BCUT2D eigenvalue weighted by molar-refractivity contribution is -0.118. The van der Waals surface area contributed by atoms with E-state index in [1.165, 1.54) is 28.3 Å². The third-order valence-electron chi connectivity index (χ3n) is 7.63. The fourth-order valence-electron chi connectivity index (χ4n) is 5.86. The van der Waals surface area contributed by atoms with Crippen LogP contribution in [0.15, 0.2) is 71.9 Å². The minimum absolute atomic E-state index is 0.0536. The molecule has 0 bridgehead atoms. The molecule has 0 aromatic heterocycles. The molecule has 1 aliphatic carbocycles. The van der Waals surface area contributed by atoms with Gasteiger partial charge in [-0.1, -0.05) is 44.2 Å². The van der Waals surface area contributed by atoms with Gasteiger partial charge in [0.05, 0.1) is 38.7 Å². The lowest BCUT2D eigenvalue weighted by Crippen LogP contribution is -2.38. The standard InChI is InChI=1S/C33H34N2O6/c1-19(36)35-25-13-12-21(31(38)20-10-8-7-9-11-20)14-23(25)34-24-17-33(2,3)18-26(37)29(24)30(35)22-15-27(39-4)32(41-6)28(16-22)40-5/h7-16,30,34H,17-18H2,1-6H3/t30-/m1/s1. The Morgan fingerprint density at radius 2 is 1.54 bits per heavy atom. The van der Waals surface area contributed by atoms with Gasteiger partial charge in [-0.15, -0.1) is 0 Å². The van der Waals surface area contributed by atoms with Gasteiger partial charge in [-0.3, -0.25) is 19.3 Å². The van der Waals surface area contributed by atoms with Crippen LogP contribution in [0.25, 0.3) is 0 Å². The smallest absolute Gasteiger partial charge is 0.224 e. The maximum Gasteiger partial charge on any atom is 0.224 e. The van der Waals surface area contributed by atoms with Crippen LogP contribution in [0, 0.1) is 5.41 Å². The van der Waals surface area contributed by atoms with Crippen molar-refractivity contribution in [3.8, 4) is 17.2 Å². The van der Waals surface area contributed by atoms with Gasteiger partial charge < -0.3 is 19.5 Å². The molecule has 0 radical (unpaired) electrons. The third kappa shape index (κ3) is 5.06. The summed E-state index contributed by atoms with van der Waals surface area (Å²) in [7, 11) is 4.57. The molecule has 1 amide bonds. The van der Waals surface area contributed by atoms with Crippen molar-refractivity contribution in [2.45, 2.75) is 39.7 Å². The largest absolute Gasteiger partial charge is 0.493 e. The Morgan fingerprint density at radius 1 is 0.878 bits per heavy atom. The molecule has 5 rings (SSSR count). The van der Waals surface area contributed by atoms with Crippen molar-refractivity contribution >= 4 is 28.8 Å². The topological polar surface area (TPSA) is 94.2 Å². The molecule has 8 heteroatoms. The highest BCUT2D eigenvalue weighted by atomic mass is 16.5. The highest BCUT2D eigenvalue weighted by molar-refractivity contribution is 6.11. The van der Waals surface area contributed by atoms with Crippen LogP contribution >= 0.6 is 0 Å². The molecule has 1 N–H and O–H groups in total. The first-order valence-corrected chi connectivity index (χ1v) is 13.4. The van der Waals surface area contributed by atoms with Crippen LogP contribution in [0.2, 0.25) is 0 Å². The zero-order valence-electron chi connectivity index (χ0n) is 24.2. The van der Waals surface area contributed by atoms with Crippen LogP contribution < -0.4 is 24.4 Å². The van der Waals surface area contributed by atoms with Crippen molar-refractivity contribution in [1.29, 1.82) is 0 Å². The summed E-state index contributed by atoms with van der Waals surface area (Å²) in [5.41, 5.74) is 3.73. The molecule has 0 unspecified atom stereocenters. The molecule has 0 saturated heterocycles. The van der Waals surface area contributed by atoms with Crippen LogP contribution in [0.5, 0.6) is 17.2 Å². The SMILES string of the molecule is COc1cc([C@@H]2C3=C(CC(C)(C)CC3=O)Nc3cc(C(=O)c4ccccc4)ccc3N2C(C)=O)cc(OC)c1OC. The van der Waals surface area contributed by atoms with Gasteiger partial charge in [-0.2, -0.15) is 0 Å². The lowest BCUT2D eigenvalue weighted by Gasteiger charge is -2.37. The van der Waals surface area contributed by atoms with Gasteiger partial charge in [0, 0.05) is 35.7 Å². The molecule has 3 aromatic rings. The summed E-state index contributed by atoms with van der Waals surface area (Å²) in [5, 5.41) is 3.48. The monoisotopic (exact) mass is 554 g/mol. The molecule has 1 atom stereocenters. The van der Waals surface area contributed by atoms with E-state index in [0.29, 0.717) is 63.7 Å². The van der Waals surface area contributed by atoms with Crippen molar-refractivity contribution in [3.63, 3.8) is 0 Å². The number of anilines is 2. The fourth-order valence-corrected chi connectivity index (χ4v) is 5.86. The number of hydrogen-bond donors (Lipinski definition) is 1. The summed E-state index contributed by atoms with van der Waals surface area (Å²) < 4.78 is 16.8. The van der Waals surface area contributed by atoms with Crippen LogP contribution in [0.1, 0.15) is 61.1 Å². The second kappa shape index (κ2) is 10.8. The molecular formula is C33H34N2O6. The first-order valence-electron chi connectivity index (χ1n) is 13.4. The lowest BCUT2D eigenvalue weighted by atomic mass is 9.73. The van der Waals surface area contributed by atoms with Crippen molar-refractivity contribution in [3.05, 3.63) is 88.6 Å². The van der Waals surface area contributed by atoms with Gasteiger partial charge in [0.25, 0.3) is 0 Å². The summed E-state index contributed by atoms with van der Waals surface area (Å²) in [6, 6.07) is 17.1. The normalized spacial score (nSPS) is 17.6. The number of hydrogen-bond acceptors (Lipinski definition) is 7. The quantitative estimate of drug-likeness (QED) is 0.368. The molecule has 8 nitrogen and oxygen atoms in total. The number of Topliss-reactive ketones (excluding diaryl/α,β-unsaturated/α-hetero) is 1. The predicted octanol–water partition coefficient (Wildman–Crippen LogP) is 6.11. The second-order valence-electron chi connectivity index (χ2n) is 11.1. The molecule has 212 valence electrons. The van der Waals surface area contributed by atoms with Gasteiger partial charge in [0.15, 0.2) is 23.1 Å². The Labute approximate surface area is 239 Å². The second-order valence-corrected chi connectivity index (χ2v) is 11.1. The number of nitrogens with zero attached hydrogens (tertiary/aromatic N) is 1. The van der Waals surface area contributed by atoms with E-state index in [1.807, 2.05) is 18.2 Å². The average Bonchev–Trinajstić information content (AvgIpc) is 3.09. The van der Waals surface area contributed by atoms with E-state index in [9.17, 15) is 14.4 Å². The number of ketones is 2. The molecule has 2 aliphatic rings. The van der Waals surface area contributed by atoms with Crippen LogP contribution in [0.4, 0.5) is 11.4 Å². The van der Waals surface area contributed by atoms with E-state index in [4.69, 9.17) is 14.2 Å². The number of carbonyl (C=O) groups is 3. The van der Waals surface area contributed by atoms with Gasteiger partial charge in [-0.25, -0.2) is 0 Å². The number of carbonyl (C=O) groups excluding carboxylic acids is 3. The van der Waals surface area contributed by atoms with E-state index in [1.54, 1.807) is 47.4 Å². The summed E-state index contributed by atoms with van der Waals surface area (Å²) in [4.78, 5) is 42.4. The first kappa shape index (κ1) is 28.0. The number of amides is 1. The molecule has 41 heavy (non-hydrogen) atoms. The molecular weight excluding hydrogens is 520 g/mol.